The first-order valence-corrected chi connectivity index (χ1v) is 3.29. The molecule has 0 aromatic carbocycles. The number of hydrogen-bond donors (Lipinski definition) is 3. The van der Waals surface area contributed by atoms with Gasteiger partial charge >= 0.3 is 5.97 Å². The molecule has 0 radical (unpaired) electrons. The quantitative estimate of drug-likeness (QED) is 0.383. The molecule has 0 rings (SSSR count). The molecular formula is C6H12N2O3. The monoisotopic (exact) mass is 160 g/mol. The van der Waals surface area contributed by atoms with Crippen LogP contribution in [0, 0.1) is 5.41 Å². The summed E-state index contributed by atoms with van der Waals surface area (Å²) in [5, 5.41) is 15.3. The van der Waals surface area contributed by atoms with Gasteiger partial charge < -0.3 is 15.6 Å². The van der Waals surface area contributed by atoms with Crippen molar-refractivity contribution in [1.29, 1.82) is 5.41 Å². The minimum absolute atomic E-state index is 0.0159. The van der Waals surface area contributed by atoms with E-state index >= 15 is 0 Å². The largest absolute Gasteiger partial charge is 0.481 e. The van der Waals surface area contributed by atoms with Gasteiger partial charge in [0.2, 0.25) is 0 Å². The lowest BCUT2D eigenvalue weighted by Crippen LogP contribution is -2.13. The zero-order valence-electron chi connectivity index (χ0n) is 6.17. The number of carbonyl (C=O) groups is 1. The van der Waals surface area contributed by atoms with Crippen molar-refractivity contribution in [3.8, 4) is 0 Å². The molecule has 0 saturated carbocycles. The molecule has 11 heavy (non-hydrogen) atoms. The van der Waals surface area contributed by atoms with Crippen molar-refractivity contribution in [3.63, 3.8) is 0 Å². The molecule has 0 amide bonds. The molecule has 0 saturated heterocycles. The zero-order valence-corrected chi connectivity index (χ0v) is 6.17. The Morgan fingerprint density at radius 2 is 2.18 bits per heavy atom. The van der Waals surface area contributed by atoms with Crippen molar-refractivity contribution in [2.45, 2.75) is 12.8 Å². The highest BCUT2D eigenvalue weighted by molar-refractivity contribution is 5.78. The molecule has 0 fully saturated rings. The second kappa shape index (κ2) is 5.67. The summed E-state index contributed by atoms with van der Waals surface area (Å²) < 4.78 is 4.74. The van der Waals surface area contributed by atoms with Gasteiger partial charge in [-0.2, -0.15) is 0 Å². The minimum atomic E-state index is -0.925. The molecule has 0 unspecified atom stereocenters. The molecule has 0 atom stereocenters. The summed E-state index contributed by atoms with van der Waals surface area (Å²) in [7, 11) is 0. The van der Waals surface area contributed by atoms with Gasteiger partial charge in [-0.05, 0) is 0 Å². The molecule has 0 aliphatic rings. The standard InChI is InChI=1S/C6H12N2O3/c7-3-4-11-5(8)1-2-6(9)10/h8H,1-4,7H2,(H,9,10). The topological polar surface area (TPSA) is 96.4 Å². The second-order valence-electron chi connectivity index (χ2n) is 1.95. The van der Waals surface area contributed by atoms with Gasteiger partial charge in [-0.3, -0.25) is 10.2 Å². The molecule has 0 spiro atoms. The maximum Gasteiger partial charge on any atom is 0.303 e. The van der Waals surface area contributed by atoms with E-state index in [1.807, 2.05) is 0 Å². The van der Waals surface area contributed by atoms with E-state index < -0.39 is 5.97 Å². The van der Waals surface area contributed by atoms with Crippen LogP contribution in [0.1, 0.15) is 12.8 Å². The summed E-state index contributed by atoms with van der Waals surface area (Å²) in [4.78, 5) is 10.0. The Morgan fingerprint density at radius 3 is 2.64 bits per heavy atom. The van der Waals surface area contributed by atoms with Gasteiger partial charge in [0.15, 0.2) is 5.90 Å². The average molecular weight is 160 g/mol. The number of carboxylic acid groups (broad SMARTS) is 1. The number of nitrogens with one attached hydrogen (secondary N) is 1. The van der Waals surface area contributed by atoms with E-state index in [4.69, 9.17) is 21.0 Å². The number of carboxylic acids is 1. The third kappa shape index (κ3) is 6.79. The van der Waals surface area contributed by atoms with Crippen LogP contribution < -0.4 is 5.73 Å². The Bertz CT molecular complexity index is 147. The van der Waals surface area contributed by atoms with E-state index in [2.05, 4.69) is 0 Å². The van der Waals surface area contributed by atoms with Crippen LogP contribution >= 0.6 is 0 Å². The number of hydrogen-bond acceptors (Lipinski definition) is 4. The second-order valence-corrected chi connectivity index (χ2v) is 1.95. The Labute approximate surface area is 64.7 Å². The first-order valence-electron chi connectivity index (χ1n) is 3.29. The van der Waals surface area contributed by atoms with Gasteiger partial charge in [-0.15, -0.1) is 0 Å². The molecule has 4 N–H and O–H groups in total. The van der Waals surface area contributed by atoms with E-state index in [1.54, 1.807) is 0 Å². The van der Waals surface area contributed by atoms with Crippen LogP contribution in [-0.2, 0) is 9.53 Å². The lowest BCUT2D eigenvalue weighted by atomic mass is 10.3. The average Bonchev–Trinajstić information content (AvgIpc) is 1.97. The van der Waals surface area contributed by atoms with Crippen LogP contribution in [0.15, 0.2) is 0 Å². The first-order chi connectivity index (χ1) is 5.16. The SMILES string of the molecule is N=C(CCC(=O)O)OCCN. The number of aliphatic carboxylic acids is 1. The van der Waals surface area contributed by atoms with Crippen molar-refractivity contribution < 1.29 is 14.6 Å². The predicted octanol–water partition coefficient (Wildman–Crippen LogP) is -0.196. The van der Waals surface area contributed by atoms with Crippen molar-refractivity contribution in [2.24, 2.45) is 5.73 Å². The van der Waals surface area contributed by atoms with Crippen LogP contribution in [-0.4, -0.2) is 30.1 Å². The molecular weight excluding hydrogens is 148 g/mol. The van der Waals surface area contributed by atoms with Crippen molar-refractivity contribution in [3.05, 3.63) is 0 Å². The normalized spacial score (nSPS) is 9.18. The molecule has 0 aromatic heterocycles. The summed E-state index contributed by atoms with van der Waals surface area (Å²) >= 11 is 0. The molecule has 5 nitrogen and oxygen atoms in total. The third-order valence-corrected chi connectivity index (χ3v) is 0.960. The number of nitrogens with two attached hydrogens (primary N) is 1. The maximum atomic E-state index is 10.0. The Hall–Kier alpha value is -1.10. The molecule has 0 heterocycles. The van der Waals surface area contributed by atoms with Crippen molar-refractivity contribution in [1.82, 2.24) is 0 Å². The van der Waals surface area contributed by atoms with E-state index in [9.17, 15) is 4.79 Å². The Kier molecular flexibility index (Phi) is 5.10. The van der Waals surface area contributed by atoms with Gasteiger partial charge in [0.25, 0.3) is 0 Å². The van der Waals surface area contributed by atoms with Crippen LogP contribution in [0.5, 0.6) is 0 Å². The summed E-state index contributed by atoms with van der Waals surface area (Å²) in [5.74, 6) is -0.941. The highest BCUT2D eigenvalue weighted by atomic mass is 16.5. The van der Waals surface area contributed by atoms with Crippen LogP contribution in [0.4, 0.5) is 0 Å². The molecule has 5 heteroatoms. The van der Waals surface area contributed by atoms with Gasteiger partial charge in [0.1, 0.15) is 6.61 Å². The van der Waals surface area contributed by atoms with E-state index in [1.165, 1.54) is 0 Å². The lowest BCUT2D eigenvalue weighted by Gasteiger charge is -2.03. The molecule has 0 aromatic rings. The molecule has 0 bridgehead atoms. The fourth-order valence-corrected chi connectivity index (χ4v) is 0.475. The van der Waals surface area contributed by atoms with Gasteiger partial charge in [-0.25, -0.2) is 0 Å². The van der Waals surface area contributed by atoms with Crippen LogP contribution in [0.2, 0.25) is 0 Å². The van der Waals surface area contributed by atoms with Crippen molar-refractivity contribution in [2.75, 3.05) is 13.2 Å². The minimum Gasteiger partial charge on any atom is -0.481 e. The highest BCUT2D eigenvalue weighted by Crippen LogP contribution is 1.92. The zero-order chi connectivity index (χ0) is 8.69. The van der Waals surface area contributed by atoms with Gasteiger partial charge in [0.05, 0.1) is 6.42 Å². The van der Waals surface area contributed by atoms with Crippen LogP contribution in [0.25, 0.3) is 0 Å². The Balaban J connectivity index is 3.30. The summed E-state index contributed by atoms with van der Waals surface area (Å²) in [6, 6.07) is 0. The highest BCUT2D eigenvalue weighted by Gasteiger charge is 2.01. The van der Waals surface area contributed by atoms with Gasteiger partial charge in [-0.1, -0.05) is 0 Å². The first kappa shape index (κ1) is 9.90. The van der Waals surface area contributed by atoms with Gasteiger partial charge in [0, 0.05) is 13.0 Å². The molecule has 0 aliphatic carbocycles. The van der Waals surface area contributed by atoms with E-state index in [0.29, 0.717) is 6.54 Å². The van der Waals surface area contributed by atoms with E-state index in [0.717, 1.165) is 0 Å². The maximum absolute atomic E-state index is 10.0. The van der Waals surface area contributed by atoms with Crippen LogP contribution in [0.3, 0.4) is 0 Å². The predicted molar refractivity (Wildman–Crippen MR) is 39.6 cm³/mol. The van der Waals surface area contributed by atoms with Crippen molar-refractivity contribution >= 4 is 11.9 Å². The summed E-state index contributed by atoms with van der Waals surface area (Å²) in [6.45, 7) is 0.619. The molecule has 0 aliphatic heterocycles. The van der Waals surface area contributed by atoms with E-state index in [-0.39, 0.29) is 25.3 Å². The smallest absolute Gasteiger partial charge is 0.303 e. The number of rotatable bonds is 5. The fourth-order valence-electron chi connectivity index (χ4n) is 0.475. The fraction of sp³-hybridized carbons (Fsp3) is 0.667. The lowest BCUT2D eigenvalue weighted by molar-refractivity contribution is -0.136. The third-order valence-electron chi connectivity index (χ3n) is 0.960. The summed E-state index contributed by atoms with van der Waals surface area (Å²) in [5.41, 5.74) is 5.09. The molecule has 64 valence electrons. The number of ether oxygens (including phenoxy) is 1. The Morgan fingerprint density at radius 1 is 1.55 bits per heavy atom. The summed E-state index contributed by atoms with van der Waals surface area (Å²) in [6.07, 6.45) is 0.0682.